The molecule has 8 nitrogen and oxygen atoms in total. The molecule has 0 aliphatic carbocycles. The first kappa shape index (κ1) is 24.2. The van der Waals surface area contributed by atoms with Crippen LogP contribution in [0.2, 0.25) is 5.02 Å². The summed E-state index contributed by atoms with van der Waals surface area (Å²) in [4.78, 5) is 12.4. The Morgan fingerprint density at radius 3 is 2.15 bits per heavy atom. The number of sulfonamides is 1. The van der Waals surface area contributed by atoms with E-state index < -0.39 is 16.1 Å². The maximum atomic E-state index is 12.8. The van der Waals surface area contributed by atoms with Gasteiger partial charge < -0.3 is 19.5 Å². The molecule has 0 saturated heterocycles. The molecule has 0 bridgehead atoms. The van der Waals surface area contributed by atoms with Crippen LogP contribution in [0.4, 0.5) is 11.4 Å². The minimum Gasteiger partial charge on any atom is -0.497 e. The van der Waals surface area contributed by atoms with Crippen molar-refractivity contribution in [2.75, 3.05) is 24.3 Å². The van der Waals surface area contributed by atoms with E-state index >= 15 is 0 Å². The van der Waals surface area contributed by atoms with Crippen molar-refractivity contribution in [3.05, 3.63) is 71.8 Å². The van der Waals surface area contributed by atoms with Crippen molar-refractivity contribution >= 4 is 38.9 Å². The minimum atomic E-state index is -3.91. The fraction of sp³-hybridized carbons (Fsp3) is 0.174. The van der Waals surface area contributed by atoms with Crippen molar-refractivity contribution in [2.45, 2.75) is 17.9 Å². The summed E-state index contributed by atoms with van der Waals surface area (Å²) in [5.41, 5.74) is 0.659. The van der Waals surface area contributed by atoms with Crippen LogP contribution in [0.15, 0.2) is 71.6 Å². The summed E-state index contributed by atoms with van der Waals surface area (Å²) >= 11 is 5.84. The monoisotopic (exact) mass is 490 g/mol. The Hall–Kier alpha value is -3.43. The predicted octanol–water partition coefficient (Wildman–Crippen LogP) is 4.56. The second-order valence-corrected chi connectivity index (χ2v) is 9.02. The largest absolute Gasteiger partial charge is 0.497 e. The fourth-order valence-electron chi connectivity index (χ4n) is 2.83. The molecule has 0 aromatic heterocycles. The molecule has 3 aromatic rings. The molecule has 3 rings (SSSR count). The summed E-state index contributed by atoms with van der Waals surface area (Å²) in [6.45, 7) is 1.61. The molecular formula is C23H23ClN2O6S. The minimum absolute atomic E-state index is 0.0100. The van der Waals surface area contributed by atoms with E-state index in [-0.39, 0.29) is 16.5 Å². The lowest BCUT2D eigenvalue weighted by molar-refractivity contribution is -0.122. The number of carbonyl (C=O) groups excluding carboxylic acids is 1. The normalized spacial score (nSPS) is 11.9. The maximum absolute atomic E-state index is 12.8. The van der Waals surface area contributed by atoms with E-state index in [1.807, 2.05) is 0 Å². The fourth-order valence-corrected chi connectivity index (χ4v) is 4.02. The second-order valence-electron chi connectivity index (χ2n) is 6.90. The Labute approximate surface area is 197 Å². The molecule has 0 fully saturated rings. The first-order chi connectivity index (χ1) is 15.7. The number of ether oxygens (including phenoxy) is 3. The summed E-state index contributed by atoms with van der Waals surface area (Å²) in [6, 6.07) is 17.2. The van der Waals surface area contributed by atoms with Crippen molar-refractivity contribution < 1.29 is 27.4 Å². The molecule has 0 aliphatic rings. The van der Waals surface area contributed by atoms with Crippen molar-refractivity contribution in [1.82, 2.24) is 0 Å². The molecule has 0 saturated carbocycles. The maximum Gasteiger partial charge on any atom is 0.265 e. The topological polar surface area (TPSA) is 103 Å². The number of halogens is 1. The van der Waals surface area contributed by atoms with E-state index in [0.717, 1.165) is 0 Å². The molecular weight excluding hydrogens is 468 g/mol. The quantitative estimate of drug-likeness (QED) is 0.455. The number of nitrogens with one attached hydrogen (secondary N) is 2. The van der Waals surface area contributed by atoms with E-state index in [9.17, 15) is 13.2 Å². The van der Waals surface area contributed by atoms with Gasteiger partial charge in [0, 0.05) is 16.8 Å². The number of amides is 1. The predicted molar refractivity (Wildman–Crippen MR) is 127 cm³/mol. The highest BCUT2D eigenvalue weighted by atomic mass is 35.5. The Morgan fingerprint density at radius 1 is 0.909 bits per heavy atom. The lowest BCUT2D eigenvalue weighted by Crippen LogP contribution is -2.30. The lowest BCUT2D eigenvalue weighted by Gasteiger charge is -2.15. The number of carbonyl (C=O) groups is 1. The van der Waals surface area contributed by atoms with Gasteiger partial charge in [-0.3, -0.25) is 9.52 Å². The van der Waals surface area contributed by atoms with Gasteiger partial charge in [-0.1, -0.05) is 11.6 Å². The number of anilines is 2. The number of hydrogen-bond donors (Lipinski definition) is 2. The van der Waals surface area contributed by atoms with Crippen LogP contribution in [0.1, 0.15) is 6.92 Å². The van der Waals surface area contributed by atoms with E-state index in [0.29, 0.717) is 28.0 Å². The molecule has 33 heavy (non-hydrogen) atoms. The molecule has 0 heterocycles. The van der Waals surface area contributed by atoms with E-state index in [1.165, 1.54) is 44.6 Å². The molecule has 10 heteroatoms. The van der Waals surface area contributed by atoms with Crippen molar-refractivity contribution in [2.24, 2.45) is 0 Å². The van der Waals surface area contributed by atoms with Crippen molar-refractivity contribution in [3.8, 4) is 17.2 Å². The third-order valence-corrected chi connectivity index (χ3v) is 6.21. The number of methoxy groups -OCH3 is 2. The molecule has 1 amide bonds. The first-order valence-electron chi connectivity index (χ1n) is 9.80. The lowest BCUT2D eigenvalue weighted by atomic mass is 10.3. The average molecular weight is 491 g/mol. The number of rotatable bonds is 9. The van der Waals surface area contributed by atoms with Crippen molar-refractivity contribution in [1.29, 1.82) is 0 Å². The van der Waals surface area contributed by atoms with Gasteiger partial charge >= 0.3 is 0 Å². The second kappa shape index (κ2) is 10.5. The summed E-state index contributed by atoms with van der Waals surface area (Å²) in [7, 11) is -0.991. The third-order valence-electron chi connectivity index (χ3n) is 4.58. The van der Waals surface area contributed by atoms with Gasteiger partial charge in [-0.2, -0.15) is 0 Å². The van der Waals surface area contributed by atoms with E-state index in [4.69, 9.17) is 25.8 Å². The van der Waals surface area contributed by atoms with Gasteiger partial charge in [-0.25, -0.2) is 8.42 Å². The van der Waals surface area contributed by atoms with Gasteiger partial charge in [0.1, 0.15) is 17.2 Å². The van der Waals surface area contributed by atoms with Crippen LogP contribution in [0.5, 0.6) is 17.2 Å². The Balaban J connectivity index is 1.67. The highest BCUT2D eigenvalue weighted by molar-refractivity contribution is 7.92. The summed E-state index contributed by atoms with van der Waals surface area (Å²) in [5, 5.41) is 3.26. The van der Waals surface area contributed by atoms with Crippen LogP contribution in [0.3, 0.4) is 0 Å². The van der Waals surface area contributed by atoms with Gasteiger partial charge in [-0.05, 0) is 67.6 Å². The molecule has 0 aliphatic heterocycles. The van der Waals surface area contributed by atoms with Crippen molar-refractivity contribution in [3.63, 3.8) is 0 Å². The average Bonchev–Trinajstić information content (AvgIpc) is 2.80. The van der Waals surface area contributed by atoms with E-state index in [1.54, 1.807) is 43.3 Å². The molecule has 0 radical (unpaired) electrons. The first-order valence-corrected chi connectivity index (χ1v) is 11.7. The zero-order chi connectivity index (χ0) is 24.0. The van der Waals surface area contributed by atoms with Gasteiger partial charge in [0.2, 0.25) is 0 Å². The highest BCUT2D eigenvalue weighted by Gasteiger charge is 2.19. The molecule has 3 aromatic carbocycles. The van der Waals surface area contributed by atoms with Crippen LogP contribution in [-0.4, -0.2) is 34.6 Å². The summed E-state index contributed by atoms with van der Waals surface area (Å²) in [6.07, 6.45) is -0.781. The van der Waals surface area contributed by atoms with Crippen LogP contribution in [0.25, 0.3) is 0 Å². The zero-order valence-electron chi connectivity index (χ0n) is 18.2. The smallest absolute Gasteiger partial charge is 0.265 e. The van der Waals surface area contributed by atoms with Gasteiger partial charge in [0.15, 0.2) is 6.10 Å². The number of hydrogen-bond acceptors (Lipinski definition) is 6. The summed E-state index contributed by atoms with van der Waals surface area (Å²) in [5.74, 6) is 0.932. The third kappa shape index (κ3) is 6.30. The van der Waals surface area contributed by atoms with Crippen LogP contribution >= 0.6 is 11.6 Å². The highest BCUT2D eigenvalue weighted by Crippen LogP contribution is 2.31. The van der Waals surface area contributed by atoms with Gasteiger partial charge in [0.25, 0.3) is 15.9 Å². The SMILES string of the molecule is COc1ccc(OC)c(NS(=O)(=O)c2ccc(NC(=O)[C@H](C)Oc3ccc(Cl)cc3)cc2)c1. The molecule has 0 spiro atoms. The Bertz CT molecular complexity index is 1210. The standard InChI is InChI=1S/C23H23ClN2O6S/c1-15(32-18-8-4-16(24)5-9-18)23(27)25-17-6-11-20(12-7-17)33(28,29)26-21-14-19(30-2)10-13-22(21)31-3/h4-15,26H,1-3H3,(H,25,27)/t15-/m0/s1. The van der Waals surface area contributed by atoms with E-state index in [2.05, 4.69) is 10.0 Å². The van der Waals surface area contributed by atoms with Crippen LogP contribution in [0, 0.1) is 0 Å². The molecule has 174 valence electrons. The Morgan fingerprint density at radius 2 is 1.55 bits per heavy atom. The Kier molecular flexibility index (Phi) is 7.67. The van der Waals surface area contributed by atoms with Gasteiger partial charge in [0.05, 0.1) is 24.8 Å². The molecule has 0 unspecified atom stereocenters. The van der Waals surface area contributed by atoms with Crippen LogP contribution in [-0.2, 0) is 14.8 Å². The summed E-state index contributed by atoms with van der Waals surface area (Å²) < 4.78 is 44.1. The zero-order valence-corrected chi connectivity index (χ0v) is 19.7. The van der Waals surface area contributed by atoms with Gasteiger partial charge in [-0.15, -0.1) is 0 Å². The number of benzene rings is 3. The molecule has 2 N–H and O–H groups in total. The van der Waals surface area contributed by atoms with Crippen LogP contribution < -0.4 is 24.2 Å². The molecule has 1 atom stereocenters.